The molecule has 1 fully saturated rings. The zero-order chi connectivity index (χ0) is 21.3. The molecule has 0 radical (unpaired) electrons. The van der Waals surface area contributed by atoms with Crippen LogP contribution in [-0.4, -0.2) is 35.1 Å². The number of halogens is 1. The van der Waals surface area contributed by atoms with Crippen LogP contribution in [0.4, 0.5) is 5.69 Å². The van der Waals surface area contributed by atoms with Gasteiger partial charge in [0.2, 0.25) is 5.91 Å². The predicted molar refractivity (Wildman–Crippen MR) is 120 cm³/mol. The van der Waals surface area contributed by atoms with Crippen LogP contribution < -0.4 is 9.64 Å². The predicted octanol–water partition coefficient (Wildman–Crippen LogP) is 4.77. The lowest BCUT2D eigenvalue weighted by atomic mass is 9.86. The van der Waals surface area contributed by atoms with Gasteiger partial charge in [-0.15, -0.1) is 0 Å². The number of aromatic hydroxyl groups is 1. The number of fused-ring (bicyclic) bond motifs is 1. The molecule has 0 unspecified atom stereocenters. The number of allylic oxidation sites excluding steroid dienone is 1. The van der Waals surface area contributed by atoms with Gasteiger partial charge in [-0.1, -0.05) is 33.8 Å². The summed E-state index contributed by atoms with van der Waals surface area (Å²) in [5.41, 5.74) is 2.41. The Balaban J connectivity index is 1.65. The number of thioether (sulfide) groups is 1. The van der Waals surface area contributed by atoms with Gasteiger partial charge in [-0.2, -0.15) is 5.26 Å². The lowest BCUT2D eigenvalue weighted by Crippen LogP contribution is -2.47. The first kappa shape index (κ1) is 20.6. The monoisotopic (exact) mass is 485 g/mol. The van der Waals surface area contributed by atoms with Crippen LogP contribution >= 0.6 is 27.7 Å². The molecule has 2 aromatic carbocycles. The number of rotatable bonds is 4. The summed E-state index contributed by atoms with van der Waals surface area (Å²) in [4.78, 5) is 16.9. The van der Waals surface area contributed by atoms with Gasteiger partial charge in [0.05, 0.1) is 35.8 Å². The molecule has 2 aliphatic heterocycles. The number of anilines is 1. The summed E-state index contributed by atoms with van der Waals surface area (Å²) in [6, 6.07) is 15.3. The SMILES string of the molecule is CCOc1cc([C@@H]2CC(=O)N3CN(c4ccc(Br)cc4)CSC3=C2C#N)ccc1O. The Morgan fingerprint density at radius 3 is 2.77 bits per heavy atom. The van der Waals surface area contributed by atoms with E-state index in [4.69, 9.17) is 4.74 Å². The van der Waals surface area contributed by atoms with E-state index in [1.807, 2.05) is 31.2 Å². The van der Waals surface area contributed by atoms with Crippen LogP contribution in [0.3, 0.4) is 0 Å². The van der Waals surface area contributed by atoms with Crippen molar-refractivity contribution in [2.45, 2.75) is 19.3 Å². The maximum atomic E-state index is 13.0. The van der Waals surface area contributed by atoms with Gasteiger partial charge in [0.25, 0.3) is 0 Å². The van der Waals surface area contributed by atoms with Gasteiger partial charge in [0, 0.05) is 22.5 Å². The summed E-state index contributed by atoms with van der Waals surface area (Å²) in [5, 5.41) is 20.6. The minimum absolute atomic E-state index is 0.0191. The molecule has 6 nitrogen and oxygen atoms in total. The van der Waals surface area contributed by atoms with Crippen molar-refractivity contribution in [1.82, 2.24) is 4.90 Å². The molecular weight excluding hydrogens is 466 g/mol. The zero-order valence-corrected chi connectivity index (χ0v) is 18.7. The van der Waals surface area contributed by atoms with E-state index < -0.39 is 0 Å². The molecule has 0 aliphatic carbocycles. The average molecular weight is 486 g/mol. The Hall–Kier alpha value is -2.63. The van der Waals surface area contributed by atoms with Gasteiger partial charge in [0.1, 0.15) is 0 Å². The molecule has 30 heavy (non-hydrogen) atoms. The maximum absolute atomic E-state index is 13.0. The molecule has 1 saturated heterocycles. The Bertz CT molecular complexity index is 1050. The molecule has 4 rings (SSSR count). The van der Waals surface area contributed by atoms with E-state index in [1.165, 1.54) is 11.8 Å². The summed E-state index contributed by atoms with van der Waals surface area (Å²) in [6.45, 7) is 2.68. The number of carbonyl (C=O) groups is 1. The van der Waals surface area contributed by atoms with Gasteiger partial charge in [-0.05, 0) is 48.9 Å². The average Bonchev–Trinajstić information content (AvgIpc) is 2.76. The third-order valence-electron chi connectivity index (χ3n) is 5.17. The minimum Gasteiger partial charge on any atom is -0.504 e. The topological polar surface area (TPSA) is 76.8 Å². The van der Waals surface area contributed by atoms with Crippen LogP contribution in [0.1, 0.15) is 24.8 Å². The van der Waals surface area contributed by atoms with Crippen LogP contribution in [0.15, 0.2) is 57.5 Å². The number of nitrogens with zero attached hydrogens (tertiary/aromatic N) is 3. The molecule has 0 spiro atoms. The number of amides is 1. The standard InChI is InChI=1S/C22H20BrN3O3S/c1-2-29-20-9-14(3-8-19(20)27)17-10-21(28)26-12-25(13-30-22(26)18(17)11-24)16-6-4-15(23)5-7-16/h3-9,17,27H,2,10,12-13H2,1H3/t17-/m0/s1. The molecule has 0 bridgehead atoms. The zero-order valence-electron chi connectivity index (χ0n) is 16.3. The molecule has 0 aromatic heterocycles. The number of phenolic OH excluding ortho intramolecular Hbond substituents is 1. The normalized spacial score (nSPS) is 18.8. The smallest absolute Gasteiger partial charge is 0.229 e. The second kappa shape index (κ2) is 8.62. The Morgan fingerprint density at radius 2 is 2.07 bits per heavy atom. The highest BCUT2D eigenvalue weighted by Crippen LogP contribution is 2.44. The molecule has 0 saturated carbocycles. The fourth-order valence-corrected chi connectivity index (χ4v) is 5.11. The first-order chi connectivity index (χ1) is 14.5. The van der Waals surface area contributed by atoms with E-state index in [9.17, 15) is 15.2 Å². The van der Waals surface area contributed by atoms with Crippen molar-refractivity contribution in [2.24, 2.45) is 0 Å². The summed E-state index contributed by atoms with van der Waals surface area (Å²) in [7, 11) is 0. The first-order valence-corrected chi connectivity index (χ1v) is 11.3. The number of nitriles is 1. The molecule has 2 aliphatic rings. The number of hydrogen-bond donors (Lipinski definition) is 1. The van der Waals surface area contributed by atoms with Crippen molar-refractivity contribution in [1.29, 1.82) is 5.26 Å². The second-order valence-electron chi connectivity index (χ2n) is 7.00. The van der Waals surface area contributed by atoms with E-state index in [0.29, 0.717) is 30.5 Å². The van der Waals surface area contributed by atoms with Crippen LogP contribution in [0.2, 0.25) is 0 Å². The molecule has 2 heterocycles. The molecule has 154 valence electrons. The summed E-state index contributed by atoms with van der Waals surface area (Å²) in [5.74, 6) is 0.700. The van der Waals surface area contributed by atoms with Gasteiger partial charge >= 0.3 is 0 Å². The highest BCUT2D eigenvalue weighted by molar-refractivity contribution is 9.10. The largest absolute Gasteiger partial charge is 0.504 e. The quantitative estimate of drug-likeness (QED) is 0.671. The number of phenols is 1. The van der Waals surface area contributed by atoms with Crippen molar-refractivity contribution in [3.8, 4) is 17.6 Å². The van der Waals surface area contributed by atoms with E-state index in [1.54, 1.807) is 23.1 Å². The lowest BCUT2D eigenvalue weighted by Gasteiger charge is -2.42. The molecule has 1 atom stereocenters. The summed E-state index contributed by atoms with van der Waals surface area (Å²) in [6.07, 6.45) is 0.206. The fourth-order valence-electron chi connectivity index (χ4n) is 3.68. The van der Waals surface area contributed by atoms with Crippen LogP contribution in [0.25, 0.3) is 0 Å². The third kappa shape index (κ3) is 3.87. The molecule has 1 N–H and O–H groups in total. The van der Waals surface area contributed by atoms with E-state index in [2.05, 4.69) is 26.9 Å². The Labute approximate surface area is 187 Å². The van der Waals surface area contributed by atoms with Crippen molar-refractivity contribution < 1.29 is 14.6 Å². The van der Waals surface area contributed by atoms with E-state index >= 15 is 0 Å². The number of carbonyl (C=O) groups excluding carboxylic acids is 1. The van der Waals surface area contributed by atoms with Gasteiger partial charge in [-0.3, -0.25) is 9.69 Å². The summed E-state index contributed by atoms with van der Waals surface area (Å²) >= 11 is 4.95. The molecular formula is C22H20BrN3O3S. The van der Waals surface area contributed by atoms with Crippen molar-refractivity contribution in [3.05, 3.63) is 63.1 Å². The van der Waals surface area contributed by atoms with E-state index in [0.717, 1.165) is 20.8 Å². The first-order valence-electron chi connectivity index (χ1n) is 9.55. The van der Waals surface area contributed by atoms with Gasteiger partial charge < -0.3 is 14.7 Å². The minimum atomic E-state index is -0.347. The fraction of sp³-hybridized carbons (Fsp3) is 0.273. The third-order valence-corrected chi connectivity index (χ3v) is 6.85. The van der Waals surface area contributed by atoms with Crippen LogP contribution in [0.5, 0.6) is 11.5 Å². The maximum Gasteiger partial charge on any atom is 0.229 e. The highest BCUT2D eigenvalue weighted by atomic mass is 79.9. The van der Waals surface area contributed by atoms with E-state index in [-0.39, 0.29) is 24.0 Å². The number of ether oxygens (including phenoxy) is 1. The van der Waals surface area contributed by atoms with Gasteiger partial charge in [-0.25, -0.2) is 0 Å². The van der Waals surface area contributed by atoms with Crippen LogP contribution in [0, 0.1) is 11.3 Å². The number of hydrogen-bond acceptors (Lipinski definition) is 6. The molecule has 8 heteroatoms. The van der Waals surface area contributed by atoms with Crippen molar-refractivity contribution >= 4 is 39.3 Å². The Morgan fingerprint density at radius 1 is 1.30 bits per heavy atom. The van der Waals surface area contributed by atoms with Crippen molar-refractivity contribution in [2.75, 3.05) is 24.1 Å². The van der Waals surface area contributed by atoms with Crippen molar-refractivity contribution in [3.63, 3.8) is 0 Å². The Kier molecular flexibility index (Phi) is 5.93. The molecule has 2 aromatic rings. The molecule has 1 amide bonds. The summed E-state index contributed by atoms with van der Waals surface area (Å²) < 4.78 is 6.48. The van der Waals surface area contributed by atoms with Crippen LogP contribution in [-0.2, 0) is 4.79 Å². The van der Waals surface area contributed by atoms with Gasteiger partial charge in [0.15, 0.2) is 11.5 Å². The second-order valence-corrected chi connectivity index (χ2v) is 8.85. The lowest BCUT2D eigenvalue weighted by molar-refractivity contribution is -0.129. The highest BCUT2D eigenvalue weighted by Gasteiger charge is 2.38. The number of benzene rings is 2.